The maximum Gasteiger partial charge on any atom is 0.262 e. The molecule has 6 aliphatic rings. The molecule has 2 aliphatic carbocycles. The topological polar surface area (TPSA) is 168 Å². The lowest BCUT2D eigenvalue weighted by molar-refractivity contribution is -0.145. The highest BCUT2D eigenvalue weighted by Crippen LogP contribution is 2.51. The molecule has 8 atom stereocenters. The van der Waals surface area contributed by atoms with Gasteiger partial charge in [-0.15, -0.1) is 0 Å². The number of fused-ring (bicyclic) bond motifs is 2. The minimum absolute atomic E-state index is 0.146. The molecule has 2 fully saturated rings. The Morgan fingerprint density at radius 1 is 0.259 bits per heavy atom. The van der Waals surface area contributed by atoms with E-state index in [1.807, 2.05) is 30.3 Å². The minimum Gasteiger partial charge on any atom is -0.457 e. The van der Waals surface area contributed by atoms with Gasteiger partial charge in [0.05, 0.1) is 33.3 Å². The molecular weight excluding hydrogens is 1670 g/mol. The molecule has 0 bridgehead atoms. The van der Waals surface area contributed by atoms with Crippen LogP contribution in [0.15, 0.2) is 109 Å². The summed E-state index contributed by atoms with van der Waals surface area (Å²) in [5.41, 5.74) is 2.52. The molecule has 0 aromatic heterocycles. The van der Waals surface area contributed by atoms with Gasteiger partial charge in [0.25, 0.3) is 47.3 Å². The smallest absolute Gasteiger partial charge is 0.262 e. The zero-order valence-electron chi connectivity index (χ0n) is 86.6. The van der Waals surface area contributed by atoms with Crippen LogP contribution in [0.3, 0.4) is 0 Å². The number of imide groups is 4. The van der Waals surface area contributed by atoms with E-state index in [9.17, 15) is 38.4 Å². The van der Waals surface area contributed by atoms with Crippen LogP contribution in [0.1, 0.15) is 520 Å². The maximum atomic E-state index is 14.6. The van der Waals surface area contributed by atoms with Crippen molar-refractivity contribution in [1.82, 2.24) is 19.6 Å². The Kier molecular flexibility index (Phi) is 47.5. The number of ether oxygens (including phenoxy) is 2. The van der Waals surface area contributed by atoms with Crippen LogP contribution in [-0.2, 0) is 24.6 Å². The second-order valence-electron chi connectivity index (χ2n) is 43.2. The van der Waals surface area contributed by atoms with E-state index in [0.717, 1.165) is 142 Å². The van der Waals surface area contributed by atoms with E-state index >= 15 is 0 Å². The molecule has 0 saturated heterocycles. The molecule has 0 radical (unpaired) electrons. The van der Waals surface area contributed by atoms with Crippen molar-refractivity contribution in [3.63, 3.8) is 0 Å². The van der Waals surface area contributed by atoms with E-state index in [1.165, 1.54) is 336 Å². The molecule has 4 aromatic rings. The predicted molar refractivity (Wildman–Crippen MR) is 556 cm³/mol. The summed E-state index contributed by atoms with van der Waals surface area (Å²) in [6.07, 6.45) is 82.2. The van der Waals surface area contributed by atoms with Crippen molar-refractivity contribution in [2.75, 3.05) is 13.1 Å². The summed E-state index contributed by atoms with van der Waals surface area (Å²) in [7, 11) is 0. The number of amides is 8. The number of benzene rings is 4. The lowest BCUT2D eigenvalue weighted by Gasteiger charge is -2.44. The number of unbranched alkanes of at least 4 members (excludes halogenated alkanes) is 36. The average molecular weight is 1850 g/mol. The Morgan fingerprint density at radius 2 is 0.519 bits per heavy atom. The van der Waals surface area contributed by atoms with Gasteiger partial charge in [0.1, 0.15) is 23.0 Å². The fraction of sp³-hybridized carbons (Fsp3) is 0.702. The van der Waals surface area contributed by atoms with Crippen LogP contribution in [0, 0.1) is 47.3 Å². The van der Waals surface area contributed by atoms with Gasteiger partial charge in [-0.25, -0.2) is 0 Å². The third-order valence-electron chi connectivity index (χ3n) is 34.0. The van der Waals surface area contributed by atoms with Gasteiger partial charge in [-0.2, -0.15) is 0 Å². The van der Waals surface area contributed by atoms with Crippen LogP contribution in [0.25, 0.3) is 0 Å². The first kappa shape index (κ1) is 110. The van der Waals surface area contributed by atoms with Gasteiger partial charge in [0, 0.05) is 42.8 Å². The number of hydrogen-bond acceptors (Lipinski definition) is 10. The first-order valence-corrected chi connectivity index (χ1v) is 56.4. The number of hydrogen-bond donors (Lipinski definition) is 0. The molecule has 4 heterocycles. The van der Waals surface area contributed by atoms with E-state index in [2.05, 4.69) is 93.5 Å². The highest BCUT2D eigenvalue weighted by molar-refractivity contribution is 6.23. The number of nitrogens with zero attached hydrogens (tertiary/aromatic N) is 4. The summed E-state index contributed by atoms with van der Waals surface area (Å²) in [5, 5.41) is 0. The predicted octanol–water partition coefficient (Wildman–Crippen LogP) is 33.4. The summed E-state index contributed by atoms with van der Waals surface area (Å²) < 4.78 is 12.9. The lowest BCUT2D eigenvalue weighted by atomic mass is 9.61. The molecule has 0 spiro atoms. The van der Waals surface area contributed by atoms with Crippen molar-refractivity contribution in [2.24, 2.45) is 47.3 Å². The molecule has 0 N–H and O–H groups in total. The van der Waals surface area contributed by atoms with E-state index in [4.69, 9.17) is 9.47 Å². The summed E-state index contributed by atoms with van der Waals surface area (Å²) in [4.78, 5) is 112. The highest BCUT2D eigenvalue weighted by atomic mass is 16.5. The van der Waals surface area contributed by atoms with Gasteiger partial charge in [-0.05, 0) is 222 Å². The van der Waals surface area contributed by atoms with Gasteiger partial charge >= 0.3 is 0 Å². The summed E-state index contributed by atoms with van der Waals surface area (Å²) in [6.45, 7) is 23.2. The molecule has 4 aliphatic heterocycles. The van der Waals surface area contributed by atoms with Crippen molar-refractivity contribution in [1.29, 1.82) is 0 Å². The monoisotopic (exact) mass is 1850 g/mol. The first-order valence-electron chi connectivity index (χ1n) is 56.4. The summed E-state index contributed by atoms with van der Waals surface area (Å²) >= 11 is 0. The Hall–Kier alpha value is -7.48. The van der Waals surface area contributed by atoms with Crippen LogP contribution >= 0.6 is 0 Å². The van der Waals surface area contributed by atoms with Gasteiger partial charge in [0.2, 0.25) is 0 Å². The molecule has 10 rings (SSSR count). The highest BCUT2D eigenvalue weighted by Gasteiger charge is 2.48. The maximum absolute atomic E-state index is 14.6. The van der Waals surface area contributed by atoms with E-state index in [0.29, 0.717) is 71.2 Å². The van der Waals surface area contributed by atoms with Crippen LogP contribution < -0.4 is 9.47 Å². The van der Waals surface area contributed by atoms with Crippen molar-refractivity contribution in [2.45, 2.75) is 484 Å². The Bertz CT molecular complexity index is 4260. The molecule has 8 unspecified atom stereocenters. The molecule has 14 heteroatoms. The summed E-state index contributed by atoms with van der Waals surface area (Å²) in [5.74, 6) is 7.53. The molecule has 8 amide bonds. The third kappa shape index (κ3) is 31.8. The molecule has 135 heavy (non-hydrogen) atoms. The largest absolute Gasteiger partial charge is 0.457 e. The van der Waals surface area contributed by atoms with E-state index in [-0.39, 0.29) is 52.8 Å². The standard InChI is InChI=1S/C121H184N4O10/c1-11-19-23-27-39-51-63-103-93(59-47-25-21-13-3)68-70-96(105(103)65-53-41-30-34-43-55-87-120(15-5,16-6)124-113(128)85-86-114(124)129)62-50-38-31-35-46-58-90-123-115(130)107-81-79-101(91-109(107)116(123)131)134-99-75-71-97(72-76-99)119(9,10)98-73-77-100(78-74-98)135-102-80-82-108-110(92-102)118(133)125(117(108)132)121(17-7,18-8)88-56-44-33-29-37-49-61-95-69-67-94(60-48-26-22-14-4)104(64-52-40-28-24-20-12-2)106(95)66-54-42-32-36-45-57-89-122-111(126)83-84-112(122)127/h71-86,91-96,103-106H,11-70,87-90H2,1-10H3. The SMILES string of the molecule is CCCCCCCCC1C(CCCCCC)CCC(CCCCCCCCC(CC)(CC)N2C(=O)c3ccc(Oc4ccc(C(C)(C)c5ccc(Oc6ccc7c(c6)C(=O)N(CCCCCCCCC6CCC(CCCCCC)C(CCCCCCCC)C6CCCCCCCCC(CC)(CC)N6C(=O)C=CC6=O)C7=O)cc5)cc4)cc3C2=O)C1CCCCCCCCN1C(=O)C=CC1=O. The number of carbonyl (C=O) groups excluding carboxylic acids is 8. The molecule has 2 saturated carbocycles. The van der Waals surface area contributed by atoms with Gasteiger partial charge in [0.15, 0.2) is 0 Å². The second-order valence-corrected chi connectivity index (χ2v) is 43.2. The zero-order chi connectivity index (χ0) is 96.2. The lowest BCUT2D eigenvalue weighted by Crippen LogP contribution is -2.51. The normalized spacial score (nSPS) is 19.8. The fourth-order valence-corrected chi connectivity index (χ4v) is 25.3. The quantitative estimate of drug-likeness (QED) is 0.0306. The number of carbonyl (C=O) groups is 8. The van der Waals surface area contributed by atoms with Crippen molar-refractivity contribution < 1.29 is 47.8 Å². The van der Waals surface area contributed by atoms with Crippen LogP contribution in [0.5, 0.6) is 23.0 Å². The summed E-state index contributed by atoms with van der Waals surface area (Å²) in [6, 6.07) is 26.7. The van der Waals surface area contributed by atoms with Gasteiger partial charge < -0.3 is 9.47 Å². The van der Waals surface area contributed by atoms with Crippen LogP contribution in [0.4, 0.5) is 0 Å². The van der Waals surface area contributed by atoms with Crippen LogP contribution in [0.2, 0.25) is 0 Å². The Balaban J connectivity index is 0.639. The second kappa shape index (κ2) is 58.5. The molecule has 14 nitrogen and oxygen atoms in total. The van der Waals surface area contributed by atoms with Crippen LogP contribution in [-0.4, -0.2) is 91.0 Å². The minimum atomic E-state index is -0.559. The third-order valence-corrected chi connectivity index (χ3v) is 34.0. The zero-order valence-corrected chi connectivity index (χ0v) is 86.6. The van der Waals surface area contributed by atoms with Gasteiger partial charge in [-0.1, -0.05) is 389 Å². The Labute approximate surface area is 819 Å². The molecule has 748 valence electrons. The van der Waals surface area contributed by atoms with Crippen molar-refractivity contribution in [3.05, 3.63) is 143 Å². The van der Waals surface area contributed by atoms with Crippen molar-refractivity contribution >= 4 is 47.3 Å². The van der Waals surface area contributed by atoms with E-state index < -0.39 is 11.0 Å². The molecule has 4 aromatic carbocycles. The van der Waals surface area contributed by atoms with Gasteiger partial charge in [-0.3, -0.25) is 58.0 Å². The average Bonchev–Trinajstić information content (AvgIpc) is 1.60. The van der Waals surface area contributed by atoms with Crippen molar-refractivity contribution in [3.8, 4) is 23.0 Å². The van der Waals surface area contributed by atoms with E-state index in [1.54, 1.807) is 40.1 Å². The fourth-order valence-electron chi connectivity index (χ4n) is 25.3. The Morgan fingerprint density at radius 3 is 0.867 bits per heavy atom. The number of rotatable bonds is 72. The molecular formula is C121H184N4O10. The first-order chi connectivity index (χ1) is 65.7.